The van der Waals surface area contributed by atoms with E-state index in [0.717, 1.165) is 49.3 Å². The first-order valence-electron chi connectivity index (χ1n) is 12.2. The van der Waals surface area contributed by atoms with Gasteiger partial charge in [-0.05, 0) is 51.3 Å². The summed E-state index contributed by atoms with van der Waals surface area (Å²) in [6.45, 7) is 8.48. The van der Waals surface area contributed by atoms with E-state index in [1.54, 1.807) is 31.4 Å². The SMILES string of the molecule is CC/C(Nc1cnn(C2CCN(C(C)C)CC2)c1)=C(/C=O)c1cc(C(=O)NCC=O)ccc1NC. The van der Waals surface area contributed by atoms with Crippen LogP contribution in [0.15, 0.2) is 36.3 Å². The average Bonchev–Trinajstić information content (AvgIpc) is 3.35. The van der Waals surface area contributed by atoms with Crippen LogP contribution in [0.2, 0.25) is 0 Å². The Balaban J connectivity index is 1.85. The number of allylic oxidation sites excluding steroid dienone is 2. The Bertz CT molecular complexity index is 1070. The number of anilines is 2. The summed E-state index contributed by atoms with van der Waals surface area (Å²) in [6, 6.07) is 5.99. The maximum Gasteiger partial charge on any atom is 0.251 e. The van der Waals surface area contributed by atoms with Gasteiger partial charge in [-0.1, -0.05) is 6.92 Å². The Hall–Kier alpha value is -3.46. The molecule has 3 N–H and O–H groups in total. The highest BCUT2D eigenvalue weighted by Crippen LogP contribution is 2.29. The number of benzene rings is 1. The molecule has 0 radical (unpaired) electrons. The molecule has 0 bridgehead atoms. The van der Waals surface area contributed by atoms with Gasteiger partial charge in [-0.25, -0.2) is 0 Å². The Morgan fingerprint density at radius 3 is 2.57 bits per heavy atom. The van der Waals surface area contributed by atoms with Gasteiger partial charge in [0.05, 0.1) is 24.5 Å². The van der Waals surface area contributed by atoms with Gasteiger partial charge in [-0.3, -0.25) is 14.3 Å². The number of amides is 1. The fourth-order valence-corrected chi connectivity index (χ4v) is 4.45. The zero-order valence-electron chi connectivity index (χ0n) is 21.0. The van der Waals surface area contributed by atoms with Crippen LogP contribution in [-0.2, 0) is 9.59 Å². The van der Waals surface area contributed by atoms with Crippen molar-refractivity contribution < 1.29 is 14.4 Å². The van der Waals surface area contributed by atoms with Gasteiger partial charge in [-0.2, -0.15) is 5.10 Å². The predicted octanol–water partition coefficient (Wildman–Crippen LogP) is 3.33. The maximum atomic E-state index is 12.4. The molecule has 35 heavy (non-hydrogen) atoms. The molecule has 0 saturated carbocycles. The lowest BCUT2D eigenvalue weighted by Gasteiger charge is -2.34. The van der Waals surface area contributed by atoms with Crippen LogP contribution in [0.5, 0.6) is 0 Å². The molecule has 1 saturated heterocycles. The van der Waals surface area contributed by atoms with Crippen LogP contribution in [0.25, 0.3) is 5.57 Å². The van der Waals surface area contributed by atoms with Crippen LogP contribution in [0.3, 0.4) is 0 Å². The topological polar surface area (TPSA) is 108 Å². The molecular weight excluding hydrogens is 444 g/mol. The molecule has 3 rings (SSSR count). The molecule has 2 heterocycles. The Morgan fingerprint density at radius 2 is 1.97 bits per heavy atom. The van der Waals surface area contributed by atoms with Crippen molar-refractivity contribution in [2.45, 2.75) is 52.1 Å². The fourth-order valence-electron chi connectivity index (χ4n) is 4.45. The van der Waals surface area contributed by atoms with Gasteiger partial charge in [0, 0.05) is 60.5 Å². The Morgan fingerprint density at radius 1 is 1.23 bits per heavy atom. The highest BCUT2D eigenvalue weighted by Gasteiger charge is 2.23. The highest BCUT2D eigenvalue weighted by molar-refractivity contribution is 6.12. The molecular formula is C26H36N6O3. The van der Waals surface area contributed by atoms with Crippen molar-refractivity contribution in [1.82, 2.24) is 20.0 Å². The van der Waals surface area contributed by atoms with Gasteiger partial charge in [0.1, 0.15) is 6.29 Å². The smallest absolute Gasteiger partial charge is 0.251 e. The van der Waals surface area contributed by atoms with Crippen LogP contribution < -0.4 is 16.0 Å². The summed E-state index contributed by atoms with van der Waals surface area (Å²) in [5, 5.41) is 13.6. The van der Waals surface area contributed by atoms with Crippen molar-refractivity contribution in [3.8, 4) is 0 Å². The monoisotopic (exact) mass is 480 g/mol. The fraction of sp³-hybridized carbons (Fsp3) is 0.462. The second kappa shape index (κ2) is 12.3. The van der Waals surface area contributed by atoms with Gasteiger partial charge >= 0.3 is 0 Å². The molecule has 9 nitrogen and oxygen atoms in total. The number of aldehydes is 2. The molecule has 1 aliphatic rings. The van der Waals surface area contributed by atoms with Gasteiger partial charge in [0.15, 0.2) is 6.29 Å². The van der Waals surface area contributed by atoms with E-state index in [1.807, 2.05) is 17.8 Å². The minimum atomic E-state index is -0.373. The molecule has 9 heteroatoms. The molecule has 0 atom stereocenters. The number of nitrogens with zero attached hydrogens (tertiary/aromatic N) is 3. The van der Waals surface area contributed by atoms with E-state index in [1.165, 1.54) is 0 Å². The number of likely N-dealkylation sites (tertiary alicyclic amines) is 1. The van der Waals surface area contributed by atoms with E-state index < -0.39 is 0 Å². The molecule has 1 amide bonds. The van der Waals surface area contributed by atoms with Gasteiger partial charge in [0.25, 0.3) is 5.91 Å². The minimum absolute atomic E-state index is 0.0689. The van der Waals surface area contributed by atoms with Gasteiger partial charge in [-0.15, -0.1) is 0 Å². The van der Waals surface area contributed by atoms with Crippen LogP contribution in [0, 0.1) is 0 Å². The normalized spacial score (nSPS) is 15.5. The van der Waals surface area contributed by atoms with E-state index in [0.29, 0.717) is 41.5 Å². The number of piperidine rings is 1. The quantitative estimate of drug-likeness (QED) is 0.334. The number of hydrogen-bond acceptors (Lipinski definition) is 7. The number of aromatic nitrogens is 2. The third-order valence-electron chi connectivity index (χ3n) is 6.48. The summed E-state index contributed by atoms with van der Waals surface area (Å²) in [5.74, 6) is -0.373. The maximum absolute atomic E-state index is 12.4. The van der Waals surface area contributed by atoms with Crippen molar-refractivity contribution >= 4 is 35.4 Å². The van der Waals surface area contributed by atoms with E-state index in [4.69, 9.17) is 0 Å². The molecule has 0 aliphatic carbocycles. The molecule has 1 aromatic heterocycles. The van der Waals surface area contributed by atoms with Gasteiger partial charge in [0.2, 0.25) is 0 Å². The average molecular weight is 481 g/mol. The standard InChI is InChI=1S/C26H36N6O3/c1-5-24(30-20-15-29-32(16-20)21-8-11-31(12-9-21)18(2)3)23(17-34)22-14-19(6-7-25(22)27-4)26(35)28-10-13-33/h6-7,13-18,21,27,30H,5,8-12H2,1-4H3,(H,28,35)/b24-23+. The molecule has 0 unspecified atom stereocenters. The first-order chi connectivity index (χ1) is 16.9. The van der Waals surface area contributed by atoms with Crippen molar-refractivity contribution in [1.29, 1.82) is 0 Å². The first-order valence-corrected chi connectivity index (χ1v) is 12.2. The molecule has 1 aromatic carbocycles. The van der Waals surface area contributed by atoms with E-state index in [2.05, 4.69) is 39.8 Å². The van der Waals surface area contributed by atoms with Crippen LogP contribution in [0.4, 0.5) is 11.4 Å². The number of hydrogen-bond donors (Lipinski definition) is 3. The van der Waals surface area contributed by atoms with Crippen molar-refractivity contribution in [3.05, 3.63) is 47.4 Å². The summed E-state index contributed by atoms with van der Waals surface area (Å²) in [6.07, 6.45) is 7.91. The minimum Gasteiger partial charge on any atom is -0.388 e. The summed E-state index contributed by atoms with van der Waals surface area (Å²) < 4.78 is 2.02. The number of nitrogens with one attached hydrogen (secondary N) is 3. The van der Waals surface area contributed by atoms with Crippen LogP contribution >= 0.6 is 0 Å². The van der Waals surface area contributed by atoms with E-state index in [9.17, 15) is 14.4 Å². The molecule has 2 aromatic rings. The second-order valence-corrected chi connectivity index (χ2v) is 8.95. The zero-order valence-corrected chi connectivity index (χ0v) is 21.0. The molecule has 188 valence electrons. The van der Waals surface area contributed by atoms with Crippen molar-refractivity contribution in [3.63, 3.8) is 0 Å². The third-order valence-corrected chi connectivity index (χ3v) is 6.48. The number of carbonyl (C=O) groups is 3. The van der Waals surface area contributed by atoms with E-state index >= 15 is 0 Å². The number of carbonyl (C=O) groups excluding carboxylic acids is 3. The Labute approximate surface area is 206 Å². The van der Waals surface area contributed by atoms with E-state index in [-0.39, 0.29) is 12.5 Å². The molecule has 0 spiro atoms. The van der Waals surface area contributed by atoms with Crippen molar-refractivity contribution in [2.75, 3.05) is 37.3 Å². The zero-order chi connectivity index (χ0) is 25.4. The summed E-state index contributed by atoms with van der Waals surface area (Å²) >= 11 is 0. The second-order valence-electron chi connectivity index (χ2n) is 8.95. The highest BCUT2D eigenvalue weighted by atomic mass is 16.2. The summed E-state index contributed by atoms with van der Waals surface area (Å²) in [4.78, 5) is 37.7. The lowest BCUT2D eigenvalue weighted by Crippen LogP contribution is -2.39. The number of rotatable bonds is 11. The summed E-state index contributed by atoms with van der Waals surface area (Å²) in [5.41, 5.74) is 3.71. The third kappa shape index (κ3) is 6.36. The Kier molecular flexibility index (Phi) is 9.19. The van der Waals surface area contributed by atoms with Crippen LogP contribution in [-0.4, -0.2) is 65.9 Å². The molecule has 1 aliphatic heterocycles. The first kappa shape index (κ1) is 26.2. The molecule has 1 fully saturated rings. The lowest BCUT2D eigenvalue weighted by atomic mass is 9.98. The summed E-state index contributed by atoms with van der Waals surface area (Å²) in [7, 11) is 1.76. The van der Waals surface area contributed by atoms with Crippen LogP contribution in [0.1, 0.15) is 62.0 Å². The lowest BCUT2D eigenvalue weighted by molar-refractivity contribution is -0.107. The largest absolute Gasteiger partial charge is 0.388 e. The van der Waals surface area contributed by atoms with Crippen molar-refractivity contribution in [2.24, 2.45) is 0 Å². The predicted molar refractivity (Wildman–Crippen MR) is 138 cm³/mol. The van der Waals surface area contributed by atoms with Gasteiger partial charge < -0.3 is 25.6 Å².